The average Bonchev–Trinajstić information content (AvgIpc) is 2.61. The highest BCUT2D eigenvalue weighted by molar-refractivity contribution is 5.83. The predicted octanol–water partition coefficient (Wildman–Crippen LogP) is 2.50. The second kappa shape index (κ2) is 7.90. The molecule has 0 spiro atoms. The zero-order chi connectivity index (χ0) is 17.7. The molecule has 1 atom stereocenters. The van der Waals surface area contributed by atoms with Crippen molar-refractivity contribution in [3.05, 3.63) is 39.9 Å². The molecule has 1 fully saturated rings. The second-order valence-electron chi connectivity index (χ2n) is 5.92. The first-order valence-corrected chi connectivity index (χ1v) is 8.13. The van der Waals surface area contributed by atoms with Gasteiger partial charge >= 0.3 is 5.97 Å². The van der Waals surface area contributed by atoms with Crippen LogP contribution < -0.4 is 0 Å². The van der Waals surface area contributed by atoms with Crippen molar-refractivity contribution in [1.82, 2.24) is 4.90 Å². The van der Waals surface area contributed by atoms with Gasteiger partial charge in [-0.15, -0.1) is 0 Å². The van der Waals surface area contributed by atoms with E-state index in [1.807, 2.05) is 0 Å². The van der Waals surface area contributed by atoms with E-state index < -0.39 is 4.92 Å². The van der Waals surface area contributed by atoms with E-state index in [9.17, 15) is 19.7 Å². The summed E-state index contributed by atoms with van der Waals surface area (Å²) >= 11 is 0. The molecular weight excluding hydrogens is 312 g/mol. The maximum atomic E-state index is 12.6. The van der Waals surface area contributed by atoms with Crippen LogP contribution in [-0.4, -0.2) is 41.4 Å². The van der Waals surface area contributed by atoms with Crippen molar-refractivity contribution in [2.75, 3.05) is 19.7 Å². The number of non-ortho nitro benzene ring substituents is 1. The lowest BCUT2D eigenvalue weighted by atomic mass is 9.94. The molecule has 2 rings (SSSR count). The number of piperidine rings is 1. The van der Waals surface area contributed by atoms with Gasteiger partial charge in [0.1, 0.15) is 0 Å². The summed E-state index contributed by atoms with van der Waals surface area (Å²) in [7, 11) is 0. The molecule has 130 valence electrons. The molecule has 0 saturated carbocycles. The lowest BCUT2D eigenvalue weighted by Crippen LogP contribution is -2.42. The number of likely N-dealkylation sites (tertiary alicyclic amines) is 1. The van der Waals surface area contributed by atoms with E-state index in [1.165, 1.54) is 12.1 Å². The standard InChI is InChI=1S/C17H22N2O5/c1-3-24-17(21)14-8-10-18(11-9-14)16(20)12(2)13-4-6-15(7-5-13)19(22)23/h4-7,12,14H,3,8-11H2,1-2H3. The van der Waals surface area contributed by atoms with Gasteiger partial charge in [0.2, 0.25) is 5.91 Å². The largest absolute Gasteiger partial charge is 0.466 e. The second-order valence-corrected chi connectivity index (χ2v) is 5.92. The first-order chi connectivity index (χ1) is 11.4. The van der Waals surface area contributed by atoms with Crippen molar-refractivity contribution in [3.63, 3.8) is 0 Å². The van der Waals surface area contributed by atoms with Crippen LogP contribution >= 0.6 is 0 Å². The highest BCUT2D eigenvalue weighted by atomic mass is 16.6. The van der Waals surface area contributed by atoms with E-state index >= 15 is 0 Å². The van der Waals surface area contributed by atoms with Gasteiger partial charge in [-0.3, -0.25) is 19.7 Å². The number of hydrogen-bond donors (Lipinski definition) is 0. The molecule has 1 aliphatic heterocycles. The normalized spacial score (nSPS) is 16.5. The van der Waals surface area contributed by atoms with Gasteiger partial charge in [-0.1, -0.05) is 12.1 Å². The lowest BCUT2D eigenvalue weighted by molar-refractivity contribution is -0.384. The molecule has 1 saturated heterocycles. The number of carbonyl (C=O) groups excluding carboxylic acids is 2. The van der Waals surface area contributed by atoms with Gasteiger partial charge in [0.05, 0.1) is 23.4 Å². The first kappa shape index (κ1) is 17.9. The lowest BCUT2D eigenvalue weighted by Gasteiger charge is -2.32. The van der Waals surface area contributed by atoms with Crippen LogP contribution in [0.15, 0.2) is 24.3 Å². The van der Waals surface area contributed by atoms with Crippen LogP contribution in [-0.2, 0) is 14.3 Å². The zero-order valence-corrected chi connectivity index (χ0v) is 13.9. The average molecular weight is 334 g/mol. The Morgan fingerprint density at radius 1 is 1.29 bits per heavy atom. The number of ether oxygens (including phenoxy) is 1. The molecule has 24 heavy (non-hydrogen) atoms. The molecule has 0 radical (unpaired) electrons. The van der Waals surface area contributed by atoms with E-state index in [1.54, 1.807) is 30.9 Å². The van der Waals surface area contributed by atoms with Crippen molar-refractivity contribution in [1.29, 1.82) is 0 Å². The summed E-state index contributed by atoms with van der Waals surface area (Å²) in [4.78, 5) is 36.3. The topological polar surface area (TPSA) is 89.8 Å². The van der Waals surface area contributed by atoms with Gasteiger partial charge in [-0.25, -0.2) is 0 Å². The van der Waals surface area contributed by atoms with Crippen molar-refractivity contribution >= 4 is 17.6 Å². The summed E-state index contributed by atoms with van der Waals surface area (Å²) in [5.41, 5.74) is 0.756. The smallest absolute Gasteiger partial charge is 0.309 e. The maximum Gasteiger partial charge on any atom is 0.309 e. The molecule has 1 aliphatic rings. The van der Waals surface area contributed by atoms with Crippen molar-refractivity contribution in [2.45, 2.75) is 32.6 Å². The van der Waals surface area contributed by atoms with Crippen LogP contribution in [0.2, 0.25) is 0 Å². The number of esters is 1. The van der Waals surface area contributed by atoms with E-state index in [-0.39, 0.29) is 29.4 Å². The molecule has 7 heteroatoms. The Morgan fingerprint density at radius 2 is 1.88 bits per heavy atom. The summed E-state index contributed by atoms with van der Waals surface area (Å²) in [6, 6.07) is 6.05. The van der Waals surface area contributed by atoms with Crippen LogP contribution in [0.1, 0.15) is 38.2 Å². The maximum absolute atomic E-state index is 12.6. The zero-order valence-electron chi connectivity index (χ0n) is 13.9. The Bertz CT molecular complexity index is 606. The fourth-order valence-electron chi connectivity index (χ4n) is 2.90. The fraction of sp³-hybridized carbons (Fsp3) is 0.529. The summed E-state index contributed by atoms with van der Waals surface area (Å²) in [5, 5.41) is 10.7. The number of nitrogens with zero attached hydrogens (tertiary/aromatic N) is 2. The monoisotopic (exact) mass is 334 g/mol. The van der Waals surface area contributed by atoms with Crippen LogP contribution in [0.25, 0.3) is 0 Å². The minimum absolute atomic E-state index is 0.00801. The SMILES string of the molecule is CCOC(=O)C1CCN(C(=O)C(C)c2ccc([N+](=O)[O-])cc2)CC1. The molecule has 1 amide bonds. The molecule has 0 N–H and O–H groups in total. The highest BCUT2D eigenvalue weighted by Crippen LogP contribution is 2.25. The Morgan fingerprint density at radius 3 is 2.38 bits per heavy atom. The number of nitro benzene ring substituents is 1. The molecule has 1 aromatic rings. The minimum Gasteiger partial charge on any atom is -0.466 e. The number of amides is 1. The number of hydrogen-bond acceptors (Lipinski definition) is 5. The van der Waals surface area contributed by atoms with Gasteiger partial charge < -0.3 is 9.64 Å². The molecule has 0 bridgehead atoms. The first-order valence-electron chi connectivity index (χ1n) is 8.13. The van der Waals surface area contributed by atoms with Gasteiger partial charge in [-0.2, -0.15) is 0 Å². The van der Waals surface area contributed by atoms with Crippen LogP contribution in [0.3, 0.4) is 0 Å². The van der Waals surface area contributed by atoms with Crippen molar-refractivity contribution in [3.8, 4) is 0 Å². The Kier molecular flexibility index (Phi) is 5.89. The van der Waals surface area contributed by atoms with E-state index in [2.05, 4.69) is 0 Å². The van der Waals surface area contributed by atoms with Gasteiger partial charge in [0.25, 0.3) is 5.69 Å². The van der Waals surface area contributed by atoms with Gasteiger partial charge in [0.15, 0.2) is 0 Å². The molecule has 1 heterocycles. The number of benzene rings is 1. The summed E-state index contributed by atoms with van der Waals surface area (Å²) in [6.45, 7) is 5.00. The van der Waals surface area contributed by atoms with Crippen LogP contribution in [0, 0.1) is 16.0 Å². The Balaban J connectivity index is 1.94. The number of rotatable bonds is 5. The number of carbonyl (C=O) groups is 2. The molecular formula is C17H22N2O5. The Labute approximate surface area is 140 Å². The third-order valence-corrected chi connectivity index (χ3v) is 4.40. The van der Waals surface area contributed by atoms with Crippen molar-refractivity contribution < 1.29 is 19.2 Å². The van der Waals surface area contributed by atoms with E-state index in [0.717, 1.165) is 5.56 Å². The van der Waals surface area contributed by atoms with E-state index in [4.69, 9.17) is 4.74 Å². The number of nitro groups is 1. The fourth-order valence-corrected chi connectivity index (χ4v) is 2.90. The van der Waals surface area contributed by atoms with Crippen LogP contribution in [0.5, 0.6) is 0 Å². The quantitative estimate of drug-likeness (QED) is 0.469. The third-order valence-electron chi connectivity index (χ3n) is 4.40. The molecule has 0 aromatic heterocycles. The molecule has 1 unspecified atom stereocenters. The van der Waals surface area contributed by atoms with Crippen molar-refractivity contribution in [2.24, 2.45) is 5.92 Å². The Hall–Kier alpha value is -2.44. The third kappa shape index (κ3) is 4.10. The van der Waals surface area contributed by atoms with E-state index in [0.29, 0.717) is 32.5 Å². The van der Waals surface area contributed by atoms with Gasteiger partial charge in [0, 0.05) is 25.2 Å². The van der Waals surface area contributed by atoms with Gasteiger partial charge in [-0.05, 0) is 32.3 Å². The summed E-state index contributed by atoms with van der Waals surface area (Å²) in [5.74, 6) is -0.715. The molecule has 0 aliphatic carbocycles. The highest BCUT2D eigenvalue weighted by Gasteiger charge is 2.30. The minimum atomic E-state index is -0.462. The summed E-state index contributed by atoms with van der Waals surface area (Å²) < 4.78 is 5.03. The van der Waals surface area contributed by atoms with Crippen LogP contribution in [0.4, 0.5) is 5.69 Å². The predicted molar refractivity (Wildman–Crippen MR) is 87.4 cm³/mol. The molecule has 7 nitrogen and oxygen atoms in total. The summed E-state index contributed by atoms with van der Waals surface area (Å²) in [6.07, 6.45) is 1.22. The molecule has 1 aromatic carbocycles.